The summed E-state index contributed by atoms with van der Waals surface area (Å²) in [5.41, 5.74) is 1.49. The minimum atomic E-state index is -1.19. The number of pyridine rings is 1. The van der Waals surface area contributed by atoms with Crippen molar-refractivity contribution >= 4 is 34.4 Å². The summed E-state index contributed by atoms with van der Waals surface area (Å²) in [4.78, 5) is 39.1. The third-order valence-corrected chi connectivity index (χ3v) is 7.23. The second kappa shape index (κ2) is 11.7. The Labute approximate surface area is 243 Å². The number of anilines is 2. The first-order valence-electron chi connectivity index (χ1n) is 13.6. The van der Waals surface area contributed by atoms with Crippen molar-refractivity contribution in [3.63, 3.8) is 0 Å². The van der Waals surface area contributed by atoms with Crippen molar-refractivity contribution < 1.29 is 19.4 Å². The number of nitrogens with zero attached hydrogens (tertiary/aromatic N) is 5. The van der Waals surface area contributed by atoms with Crippen molar-refractivity contribution in [2.45, 2.75) is 39.7 Å². The van der Waals surface area contributed by atoms with Crippen molar-refractivity contribution in [1.29, 1.82) is 5.26 Å². The number of rotatable bonds is 7. The topological polar surface area (TPSA) is 153 Å². The van der Waals surface area contributed by atoms with Crippen molar-refractivity contribution in [2.24, 2.45) is 5.41 Å². The molecule has 11 nitrogen and oxygen atoms in total. The van der Waals surface area contributed by atoms with E-state index in [1.165, 1.54) is 4.90 Å². The average molecular weight is 566 g/mol. The van der Waals surface area contributed by atoms with Crippen LogP contribution >= 0.6 is 0 Å². The monoisotopic (exact) mass is 565 g/mol. The minimum Gasteiger partial charge on any atom is -0.465 e. The lowest BCUT2D eigenvalue weighted by Crippen LogP contribution is -2.44. The number of fused-ring (bicyclic) bond motifs is 1. The molecule has 0 aliphatic carbocycles. The van der Waals surface area contributed by atoms with Crippen LogP contribution in [0.25, 0.3) is 22.0 Å². The van der Waals surface area contributed by atoms with Gasteiger partial charge in [0, 0.05) is 48.0 Å². The zero-order valence-corrected chi connectivity index (χ0v) is 23.6. The van der Waals surface area contributed by atoms with E-state index in [2.05, 4.69) is 25.6 Å². The van der Waals surface area contributed by atoms with Gasteiger partial charge in [0.25, 0.3) is 0 Å². The van der Waals surface area contributed by atoms with Gasteiger partial charge in [0.15, 0.2) is 0 Å². The highest BCUT2D eigenvalue weighted by atomic mass is 16.5. The zero-order valence-electron chi connectivity index (χ0n) is 23.6. The number of hydrogen-bond donors (Lipinski definition) is 3. The first-order valence-corrected chi connectivity index (χ1v) is 13.6. The Morgan fingerprint density at radius 1 is 1.10 bits per heavy atom. The molecule has 0 radical (unpaired) electrons. The van der Waals surface area contributed by atoms with Crippen LogP contribution in [-0.2, 0) is 4.79 Å². The molecule has 4 aromatic rings. The lowest BCUT2D eigenvalue weighted by atomic mass is 9.94. The number of carbonyl (C=O) groups is 2. The number of hydrogen-bond acceptors (Lipinski definition) is 8. The Morgan fingerprint density at radius 2 is 1.93 bits per heavy atom. The van der Waals surface area contributed by atoms with Crippen molar-refractivity contribution in [3.8, 4) is 29.0 Å². The SMILES string of the molecule is Cc1ccc2c(NC(=O)C(C)(C)C#N)cccc2c1Oc1ncccc1-c1ccnc(NC2CCCN(C(=O)O)C2)n1. The Morgan fingerprint density at radius 3 is 2.71 bits per heavy atom. The molecule has 0 bridgehead atoms. The fraction of sp³-hybridized carbons (Fsp3) is 0.290. The number of nitriles is 1. The second-order valence-corrected chi connectivity index (χ2v) is 10.7. The largest absolute Gasteiger partial charge is 0.465 e. The minimum absolute atomic E-state index is 0.0959. The lowest BCUT2D eigenvalue weighted by molar-refractivity contribution is -0.121. The van der Waals surface area contributed by atoms with Crippen LogP contribution in [0.1, 0.15) is 32.3 Å². The average Bonchev–Trinajstić information content (AvgIpc) is 2.99. The maximum atomic E-state index is 12.7. The molecule has 0 saturated carbocycles. The van der Waals surface area contributed by atoms with Crippen LogP contribution in [0, 0.1) is 23.7 Å². The number of amides is 2. The Kier molecular flexibility index (Phi) is 7.88. The van der Waals surface area contributed by atoms with E-state index >= 15 is 0 Å². The Hall–Kier alpha value is -5.24. The van der Waals surface area contributed by atoms with Gasteiger partial charge in [-0.05, 0) is 63.4 Å². The number of carbonyl (C=O) groups excluding carboxylic acids is 1. The van der Waals surface area contributed by atoms with Crippen LogP contribution in [0.5, 0.6) is 11.6 Å². The molecule has 1 unspecified atom stereocenters. The van der Waals surface area contributed by atoms with Gasteiger partial charge in [0.05, 0.1) is 17.3 Å². The van der Waals surface area contributed by atoms with Gasteiger partial charge < -0.3 is 25.4 Å². The quantitative estimate of drug-likeness (QED) is 0.251. The number of carboxylic acid groups (broad SMARTS) is 1. The maximum absolute atomic E-state index is 12.7. The molecule has 1 atom stereocenters. The number of nitrogens with one attached hydrogen (secondary N) is 2. The van der Waals surface area contributed by atoms with Gasteiger partial charge in [0.1, 0.15) is 11.2 Å². The molecule has 1 saturated heterocycles. The predicted molar refractivity (Wildman–Crippen MR) is 158 cm³/mol. The van der Waals surface area contributed by atoms with E-state index in [0.717, 1.165) is 29.2 Å². The number of aromatic nitrogens is 3. The number of benzene rings is 2. The van der Waals surface area contributed by atoms with Gasteiger partial charge in [-0.3, -0.25) is 4.79 Å². The number of ether oxygens (including phenoxy) is 1. The highest BCUT2D eigenvalue weighted by Gasteiger charge is 2.28. The summed E-state index contributed by atoms with van der Waals surface area (Å²) >= 11 is 0. The molecule has 2 aromatic carbocycles. The molecule has 42 heavy (non-hydrogen) atoms. The molecule has 11 heteroatoms. The number of aryl methyl sites for hydroxylation is 1. The molecule has 214 valence electrons. The van der Waals surface area contributed by atoms with E-state index in [9.17, 15) is 20.0 Å². The molecule has 1 aliphatic heterocycles. The van der Waals surface area contributed by atoms with Crippen molar-refractivity contribution in [3.05, 3.63) is 66.5 Å². The summed E-state index contributed by atoms with van der Waals surface area (Å²) < 4.78 is 6.46. The van der Waals surface area contributed by atoms with Crippen molar-refractivity contribution in [1.82, 2.24) is 19.9 Å². The number of likely N-dealkylation sites (tertiary alicyclic amines) is 1. The standard InChI is InChI=1S/C31H31N7O4/c1-19-11-12-21-22(8-4-10-24(21)36-28(39)31(2,3)18-32)26(19)42-27-23(9-5-14-33-27)25-13-15-34-29(37-25)35-20-7-6-16-38(17-20)30(40)41/h4-5,8-15,20H,6-7,16-17H2,1-3H3,(H,36,39)(H,40,41)(H,34,35,37). The smallest absolute Gasteiger partial charge is 0.407 e. The third-order valence-electron chi connectivity index (χ3n) is 7.23. The van der Waals surface area contributed by atoms with E-state index in [0.29, 0.717) is 47.6 Å². The molecule has 1 fully saturated rings. The summed E-state index contributed by atoms with van der Waals surface area (Å²) in [5, 5.41) is 26.4. The third kappa shape index (κ3) is 5.93. The molecular weight excluding hydrogens is 534 g/mol. The van der Waals surface area contributed by atoms with Crippen LogP contribution in [0.3, 0.4) is 0 Å². The summed E-state index contributed by atoms with van der Waals surface area (Å²) in [7, 11) is 0. The van der Waals surface area contributed by atoms with Crippen LogP contribution in [0.2, 0.25) is 0 Å². The van der Waals surface area contributed by atoms with Crippen LogP contribution in [0.4, 0.5) is 16.4 Å². The lowest BCUT2D eigenvalue weighted by Gasteiger charge is -2.31. The molecule has 3 N–H and O–H groups in total. The molecule has 2 amide bonds. The molecule has 3 heterocycles. The Balaban J connectivity index is 1.45. The molecule has 5 rings (SSSR count). The number of piperidine rings is 1. The summed E-state index contributed by atoms with van der Waals surface area (Å²) in [6.07, 6.45) is 3.92. The first kappa shape index (κ1) is 28.3. The van der Waals surface area contributed by atoms with E-state index in [1.807, 2.05) is 43.3 Å². The fourth-order valence-corrected chi connectivity index (χ4v) is 4.81. The van der Waals surface area contributed by atoms with Crippen LogP contribution < -0.4 is 15.4 Å². The van der Waals surface area contributed by atoms with E-state index in [1.54, 1.807) is 44.4 Å². The van der Waals surface area contributed by atoms with E-state index in [-0.39, 0.29) is 6.04 Å². The van der Waals surface area contributed by atoms with Gasteiger partial charge in [-0.25, -0.2) is 19.7 Å². The summed E-state index contributed by atoms with van der Waals surface area (Å²) in [6, 6.07) is 16.7. The highest BCUT2D eigenvalue weighted by Crippen LogP contribution is 2.39. The first-order chi connectivity index (χ1) is 20.2. The van der Waals surface area contributed by atoms with Crippen molar-refractivity contribution in [2.75, 3.05) is 23.7 Å². The zero-order chi connectivity index (χ0) is 29.9. The highest BCUT2D eigenvalue weighted by molar-refractivity contribution is 6.06. The van der Waals surface area contributed by atoms with Crippen LogP contribution in [-0.4, -0.2) is 56.1 Å². The van der Waals surface area contributed by atoms with Gasteiger partial charge >= 0.3 is 6.09 Å². The Bertz CT molecular complexity index is 1700. The molecule has 1 aliphatic rings. The second-order valence-electron chi connectivity index (χ2n) is 10.7. The predicted octanol–water partition coefficient (Wildman–Crippen LogP) is 5.84. The normalized spacial score (nSPS) is 15.1. The van der Waals surface area contributed by atoms with Gasteiger partial charge in [-0.2, -0.15) is 5.26 Å². The molecule has 2 aromatic heterocycles. The summed E-state index contributed by atoms with van der Waals surface area (Å²) in [6.45, 7) is 5.95. The fourth-order valence-electron chi connectivity index (χ4n) is 4.81. The van der Waals surface area contributed by atoms with Gasteiger partial charge in [-0.15, -0.1) is 0 Å². The van der Waals surface area contributed by atoms with Gasteiger partial charge in [-0.1, -0.05) is 24.3 Å². The summed E-state index contributed by atoms with van der Waals surface area (Å²) in [5.74, 6) is 0.908. The van der Waals surface area contributed by atoms with Gasteiger partial charge in [0.2, 0.25) is 17.7 Å². The maximum Gasteiger partial charge on any atom is 0.407 e. The molecule has 0 spiro atoms. The van der Waals surface area contributed by atoms with Crippen LogP contribution in [0.15, 0.2) is 60.9 Å². The van der Waals surface area contributed by atoms with E-state index < -0.39 is 17.4 Å². The molecular formula is C31H31N7O4. The van der Waals surface area contributed by atoms with E-state index in [4.69, 9.17) is 4.74 Å².